The molecule has 0 aromatic rings. The number of aliphatic hydroxyl groups is 2. The first kappa shape index (κ1) is 11.4. The Bertz CT molecular complexity index is 206. The number of hydrogen-bond acceptors (Lipinski definition) is 6. The summed E-state index contributed by atoms with van der Waals surface area (Å²) in [5, 5.41) is 18.6. The lowest BCUT2D eigenvalue weighted by molar-refractivity contribution is -0.153. The van der Waals surface area contributed by atoms with E-state index in [9.17, 15) is 9.90 Å². The van der Waals surface area contributed by atoms with Crippen molar-refractivity contribution in [2.45, 2.75) is 24.4 Å². The molecule has 1 saturated heterocycles. The van der Waals surface area contributed by atoms with Gasteiger partial charge in [0.2, 0.25) is 0 Å². The fourth-order valence-corrected chi connectivity index (χ4v) is 1.35. The van der Waals surface area contributed by atoms with E-state index in [1.165, 1.54) is 14.2 Å². The molecule has 4 atom stereocenters. The second-order valence-corrected chi connectivity index (χ2v) is 3.07. The van der Waals surface area contributed by atoms with Gasteiger partial charge in [0.05, 0.1) is 6.61 Å². The van der Waals surface area contributed by atoms with Gasteiger partial charge in [0, 0.05) is 14.2 Å². The van der Waals surface area contributed by atoms with E-state index in [-0.39, 0.29) is 6.61 Å². The number of methoxy groups -OCH3 is 2. The van der Waals surface area contributed by atoms with Gasteiger partial charge in [-0.1, -0.05) is 0 Å². The van der Waals surface area contributed by atoms with Crippen molar-refractivity contribution in [3.05, 3.63) is 0 Å². The summed E-state index contributed by atoms with van der Waals surface area (Å²) in [5.41, 5.74) is 0. The summed E-state index contributed by atoms with van der Waals surface area (Å²) in [6.45, 7) is 0.179. The first-order valence-corrected chi connectivity index (χ1v) is 4.20. The fourth-order valence-electron chi connectivity index (χ4n) is 1.35. The maximum atomic E-state index is 10.9. The van der Waals surface area contributed by atoms with Crippen molar-refractivity contribution in [3.8, 4) is 0 Å². The standard InChI is InChI=1S/C8H14O6/c1-12-3-4(13-2)7-5(9)6(10)8(11)14-7/h4-7,9-10H,3H2,1-2H3. The molecular weight excluding hydrogens is 192 g/mol. The molecule has 0 aromatic heterocycles. The molecule has 6 heteroatoms. The third kappa shape index (κ3) is 2.03. The van der Waals surface area contributed by atoms with Gasteiger partial charge in [-0.05, 0) is 0 Å². The Hall–Kier alpha value is -0.690. The van der Waals surface area contributed by atoms with E-state index in [1.54, 1.807) is 0 Å². The zero-order chi connectivity index (χ0) is 10.7. The molecule has 4 unspecified atom stereocenters. The highest BCUT2D eigenvalue weighted by molar-refractivity contribution is 5.77. The largest absolute Gasteiger partial charge is 0.455 e. The van der Waals surface area contributed by atoms with Gasteiger partial charge in [-0.15, -0.1) is 0 Å². The van der Waals surface area contributed by atoms with Gasteiger partial charge in [-0.25, -0.2) is 4.79 Å². The molecule has 1 aliphatic heterocycles. The lowest BCUT2D eigenvalue weighted by atomic mass is 10.1. The average Bonchev–Trinajstić information content (AvgIpc) is 2.42. The molecule has 0 saturated carbocycles. The van der Waals surface area contributed by atoms with E-state index in [4.69, 9.17) is 19.3 Å². The van der Waals surface area contributed by atoms with E-state index in [0.29, 0.717) is 0 Å². The maximum absolute atomic E-state index is 10.9. The molecule has 1 heterocycles. The van der Waals surface area contributed by atoms with Crippen molar-refractivity contribution < 1.29 is 29.2 Å². The lowest BCUT2D eigenvalue weighted by Gasteiger charge is -2.22. The van der Waals surface area contributed by atoms with Crippen LogP contribution in [0.5, 0.6) is 0 Å². The molecule has 6 nitrogen and oxygen atoms in total. The van der Waals surface area contributed by atoms with Crippen LogP contribution in [0.15, 0.2) is 0 Å². The molecule has 2 N–H and O–H groups in total. The van der Waals surface area contributed by atoms with Crippen molar-refractivity contribution in [3.63, 3.8) is 0 Å². The molecule has 0 aliphatic carbocycles. The molecular formula is C8H14O6. The number of aliphatic hydroxyl groups excluding tert-OH is 2. The van der Waals surface area contributed by atoms with Crippen molar-refractivity contribution in [1.29, 1.82) is 0 Å². The Morgan fingerprint density at radius 1 is 1.50 bits per heavy atom. The van der Waals surface area contributed by atoms with E-state index in [2.05, 4.69) is 0 Å². The van der Waals surface area contributed by atoms with Crippen LogP contribution >= 0.6 is 0 Å². The first-order chi connectivity index (χ1) is 6.61. The summed E-state index contributed by atoms with van der Waals surface area (Å²) in [4.78, 5) is 10.9. The Labute approximate surface area is 81.4 Å². The van der Waals surface area contributed by atoms with Gasteiger partial charge in [-0.3, -0.25) is 0 Å². The Kier molecular flexibility index (Phi) is 3.82. The Morgan fingerprint density at radius 3 is 2.50 bits per heavy atom. The van der Waals surface area contributed by atoms with Crippen molar-refractivity contribution in [2.75, 3.05) is 20.8 Å². The molecule has 14 heavy (non-hydrogen) atoms. The van der Waals surface area contributed by atoms with Gasteiger partial charge in [-0.2, -0.15) is 0 Å². The number of carbonyl (C=O) groups is 1. The van der Waals surface area contributed by atoms with Gasteiger partial charge in [0.15, 0.2) is 12.2 Å². The van der Waals surface area contributed by atoms with Gasteiger partial charge >= 0.3 is 5.97 Å². The van der Waals surface area contributed by atoms with E-state index < -0.39 is 30.4 Å². The zero-order valence-corrected chi connectivity index (χ0v) is 8.04. The van der Waals surface area contributed by atoms with Crippen LogP contribution in [0.3, 0.4) is 0 Å². The summed E-state index contributed by atoms with van der Waals surface area (Å²) in [6.07, 6.45) is -4.20. The zero-order valence-electron chi connectivity index (χ0n) is 8.04. The molecule has 0 amide bonds. The molecule has 0 aromatic carbocycles. The van der Waals surface area contributed by atoms with Crippen LogP contribution < -0.4 is 0 Å². The van der Waals surface area contributed by atoms with E-state index in [0.717, 1.165) is 0 Å². The number of hydrogen-bond donors (Lipinski definition) is 2. The molecule has 1 rings (SSSR count). The molecule has 0 spiro atoms. The molecule has 0 radical (unpaired) electrons. The van der Waals surface area contributed by atoms with Crippen molar-refractivity contribution >= 4 is 5.97 Å². The van der Waals surface area contributed by atoms with Crippen molar-refractivity contribution in [1.82, 2.24) is 0 Å². The van der Waals surface area contributed by atoms with Crippen LogP contribution in [0, 0.1) is 0 Å². The second-order valence-electron chi connectivity index (χ2n) is 3.07. The maximum Gasteiger partial charge on any atom is 0.338 e. The highest BCUT2D eigenvalue weighted by atomic mass is 16.6. The third-order valence-electron chi connectivity index (χ3n) is 2.15. The van der Waals surface area contributed by atoms with Crippen LogP contribution in [-0.2, 0) is 19.0 Å². The van der Waals surface area contributed by atoms with Crippen molar-refractivity contribution in [2.24, 2.45) is 0 Å². The quantitative estimate of drug-likeness (QED) is 0.533. The smallest absolute Gasteiger partial charge is 0.338 e. The number of esters is 1. The van der Waals surface area contributed by atoms with Gasteiger partial charge in [0.25, 0.3) is 0 Å². The van der Waals surface area contributed by atoms with Crippen LogP contribution in [0.25, 0.3) is 0 Å². The summed E-state index contributed by atoms with van der Waals surface area (Å²) in [5.74, 6) is -0.833. The molecule has 82 valence electrons. The number of ether oxygens (including phenoxy) is 3. The third-order valence-corrected chi connectivity index (χ3v) is 2.15. The van der Waals surface area contributed by atoms with Crippen LogP contribution in [0.4, 0.5) is 0 Å². The fraction of sp³-hybridized carbons (Fsp3) is 0.875. The van der Waals surface area contributed by atoms with E-state index in [1.807, 2.05) is 0 Å². The summed E-state index contributed by atoms with van der Waals surface area (Å²) in [6, 6.07) is 0. The SMILES string of the molecule is COCC(OC)C1OC(=O)C(O)C1O. The normalized spacial score (nSPS) is 34.3. The first-order valence-electron chi connectivity index (χ1n) is 4.20. The summed E-state index contributed by atoms with van der Waals surface area (Å²) in [7, 11) is 2.88. The monoisotopic (exact) mass is 206 g/mol. The van der Waals surface area contributed by atoms with Gasteiger partial charge < -0.3 is 24.4 Å². The summed E-state index contributed by atoms with van der Waals surface area (Å²) >= 11 is 0. The highest BCUT2D eigenvalue weighted by Crippen LogP contribution is 2.20. The minimum atomic E-state index is -1.49. The predicted octanol–water partition coefficient (Wildman–Crippen LogP) is -1.70. The Morgan fingerprint density at radius 2 is 2.14 bits per heavy atom. The van der Waals surface area contributed by atoms with Crippen LogP contribution in [0.1, 0.15) is 0 Å². The predicted molar refractivity (Wildman–Crippen MR) is 44.6 cm³/mol. The molecule has 1 aliphatic rings. The molecule has 1 fully saturated rings. The number of carbonyl (C=O) groups excluding carboxylic acids is 1. The second kappa shape index (κ2) is 4.70. The van der Waals surface area contributed by atoms with Crippen LogP contribution in [0.2, 0.25) is 0 Å². The number of rotatable bonds is 4. The molecule has 0 bridgehead atoms. The lowest BCUT2D eigenvalue weighted by Crippen LogP contribution is -2.41. The van der Waals surface area contributed by atoms with E-state index >= 15 is 0 Å². The minimum absolute atomic E-state index is 0.179. The van der Waals surface area contributed by atoms with Crippen LogP contribution in [-0.4, -0.2) is 61.4 Å². The topological polar surface area (TPSA) is 85.2 Å². The van der Waals surface area contributed by atoms with Gasteiger partial charge in [0.1, 0.15) is 12.2 Å². The Balaban J connectivity index is 2.63. The minimum Gasteiger partial charge on any atom is -0.455 e. The average molecular weight is 206 g/mol. The number of cyclic esters (lactones) is 1. The highest BCUT2D eigenvalue weighted by Gasteiger charge is 2.46. The summed E-state index contributed by atoms with van der Waals surface area (Å²) < 4.78 is 14.5.